The molecular formula is C11H12N3O3S-. The fraction of sp³-hybridized carbons (Fsp3) is 0.182. The first kappa shape index (κ1) is 12.4. The molecule has 1 aliphatic rings. The summed E-state index contributed by atoms with van der Waals surface area (Å²) in [5, 5.41) is 1.39. The van der Waals surface area contributed by atoms with Crippen LogP contribution >= 0.6 is 0 Å². The summed E-state index contributed by atoms with van der Waals surface area (Å²) in [5.74, 6) is -0.620. The highest BCUT2D eigenvalue weighted by atomic mass is 32.2. The van der Waals surface area contributed by atoms with E-state index in [4.69, 9.17) is 0 Å². The van der Waals surface area contributed by atoms with Crippen molar-refractivity contribution in [3.63, 3.8) is 0 Å². The minimum absolute atomic E-state index is 0.141. The largest absolute Gasteiger partial charge is 0.594 e. The summed E-state index contributed by atoms with van der Waals surface area (Å²) in [4.78, 5) is 11.4. The third-order valence-electron chi connectivity index (χ3n) is 2.20. The van der Waals surface area contributed by atoms with E-state index in [1.165, 1.54) is 5.01 Å². The summed E-state index contributed by atoms with van der Waals surface area (Å²) >= 11 is 0. The molecule has 1 aromatic rings. The Bertz CT molecular complexity index is 595. The van der Waals surface area contributed by atoms with Crippen molar-refractivity contribution in [1.82, 2.24) is 9.73 Å². The lowest BCUT2D eigenvalue weighted by Gasteiger charge is -2.40. The summed E-state index contributed by atoms with van der Waals surface area (Å²) in [6.45, 7) is -0.141. The van der Waals surface area contributed by atoms with E-state index < -0.39 is 15.9 Å². The van der Waals surface area contributed by atoms with Crippen molar-refractivity contribution in [2.75, 3.05) is 12.8 Å². The molecule has 18 heavy (non-hydrogen) atoms. The molecule has 0 unspecified atom stereocenters. The Kier molecular flexibility index (Phi) is 3.24. The van der Waals surface area contributed by atoms with Gasteiger partial charge in [-0.2, -0.15) is 0 Å². The van der Waals surface area contributed by atoms with E-state index in [9.17, 15) is 13.2 Å². The van der Waals surface area contributed by atoms with Crippen LogP contribution in [0, 0.1) is 0 Å². The van der Waals surface area contributed by atoms with Gasteiger partial charge in [-0.05, 0) is 17.8 Å². The van der Waals surface area contributed by atoms with E-state index >= 15 is 0 Å². The molecule has 7 heteroatoms. The first-order chi connectivity index (χ1) is 8.44. The minimum Gasteiger partial charge on any atom is -0.594 e. The van der Waals surface area contributed by atoms with E-state index in [1.807, 2.05) is 35.1 Å². The van der Waals surface area contributed by atoms with Crippen molar-refractivity contribution >= 4 is 27.7 Å². The molecule has 1 amide bonds. The molecule has 0 aliphatic carbocycles. The standard InChI is InChI=1S/C11H12N3O3S/c1-18(16,17)13-11(15)8-14-7-6-9-4-2-3-5-10(9)12-14/h2-7H,8H2,1H3,(H,13,15)/q-1. The number of nitrogens with zero attached hydrogens (tertiary/aromatic N) is 2. The predicted molar refractivity (Wildman–Crippen MR) is 68.2 cm³/mol. The maximum absolute atomic E-state index is 11.4. The van der Waals surface area contributed by atoms with Crippen molar-refractivity contribution < 1.29 is 13.2 Å². The van der Waals surface area contributed by atoms with Crippen LogP contribution in [-0.4, -0.2) is 32.1 Å². The van der Waals surface area contributed by atoms with E-state index in [0.717, 1.165) is 17.5 Å². The smallest absolute Gasteiger partial charge is 0.251 e. The Balaban J connectivity index is 2.01. The Labute approximate surface area is 105 Å². The highest BCUT2D eigenvalue weighted by Crippen LogP contribution is 2.30. The first-order valence-electron chi connectivity index (χ1n) is 5.20. The highest BCUT2D eigenvalue weighted by Gasteiger charge is 2.09. The monoisotopic (exact) mass is 266 g/mol. The van der Waals surface area contributed by atoms with Crippen LogP contribution in [0.1, 0.15) is 5.56 Å². The quantitative estimate of drug-likeness (QED) is 0.884. The number of carbonyl (C=O) groups is 1. The van der Waals surface area contributed by atoms with Crippen molar-refractivity contribution in [2.45, 2.75) is 0 Å². The summed E-state index contributed by atoms with van der Waals surface area (Å²) in [7, 11) is -3.53. The molecule has 0 radical (unpaired) electrons. The van der Waals surface area contributed by atoms with Gasteiger partial charge in [0.1, 0.15) is 0 Å². The van der Waals surface area contributed by atoms with Crippen LogP contribution in [0.2, 0.25) is 0 Å². The lowest BCUT2D eigenvalue weighted by Crippen LogP contribution is -2.36. The lowest BCUT2D eigenvalue weighted by atomic mass is 10.1. The minimum atomic E-state index is -3.53. The average Bonchev–Trinajstić information content (AvgIpc) is 2.26. The van der Waals surface area contributed by atoms with Gasteiger partial charge in [0.25, 0.3) is 5.91 Å². The van der Waals surface area contributed by atoms with Crippen molar-refractivity contribution in [2.24, 2.45) is 0 Å². The zero-order valence-corrected chi connectivity index (χ0v) is 10.5. The predicted octanol–water partition coefficient (Wildman–Crippen LogP) is 0.969. The Morgan fingerprint density at radius 2 is 2.11 bits per heavy atom. The SMILES string of the molecule is CS(=O)(=O)NC(=O)CN1C=Cc2ccccc2[N-]1. The number of fused-ring (bicyclic) bond motifs is 1. The molecule has 0 spiro atoms. The Morgan fingerprint density at radius 3 is 2.83 bits per heavy atom. The van der Waals surface area contributed by atoms with Gasteiger partial charge in [0, 0.05) is 0 Å². The zero-order chi connectivity index (χ0) is 13.2. The third kappa shape index (κ3) is 3.24. The van der Waals surface area contributed by atoms with Crippen molar-refractivity contribution in [3.05, 3.63) is 41.5 Å². The van der Waals surface area contributed by atoms with Gasteiger partial charge in [-0.3, -0.25) is 9.52 Å². The summed E-state index contributed by atoms with van der Waals surface area (Å²) in [6.07, 6.45) is 4.38. The molecule has 0 aromatic heterocycles. The second-order valence-corrected chi connectivity index (χ2v) is 5.62. The molecule has 96 valence electrons. The van der Waals surface area contributed by atoms with Crippen LogP contribution in [0.25, 0.3) is 11.5 Å². The fourth-order valence-electron chi connectivity index (χ4n) is 1.53. The van der Waals surface area contributed by atoms with E-state index in [0.29, 0.717) is 0 Å². The van der Waals surface area contributed by atoms with E-state index in [1.54, 1.807) is 6.20 Å². The molecule has 6 nitrogen and oxygen atoms in total. The zero-order valence-electron chi connectivity index (χ0n) is 9.70. The number of rotatable bonds is 3. The lowest BCUT2D eigenvalue weighted by molar-refractivity contribution is -0.119. The molecule has 1 heterocycles. The summed E-state index contributed by atoms with van der Waals surface area (Å²) < 4.78 is 23.7. The number of carbonyl (C=O) groups excluding carboxylic acids is 1. The number of benzene rings is 1. The molecule has 0 bridgehead atoms. The number of hydrogen-bond acceptors (Lipinski definition) is 4. The van der Waals surface area contributed by atoms with Crippen LogP contribution in [0.5, 0.6) is 0 Å². The topological polar surface area (TPSA) is 80.6 Å². The van der Waals surface area contributed by atoms with Crippen molar-refractivity contribution in [3.8, 4) is 0 Å². The molecule has 1 N–H and O–H groups in total. The van der Waals surface area contributed by atoms with Gasteiger partial charge in [0.15, 0.2) is 0 Å². The molecule has 0 fully saturated rings. The van der Waals surface area contributed by atoms with Crippen molar-refractivity contribution in [1.29, 1.82) is 0 Å². The molecule has 1 aliphatic heterocycles. The second-order valence-electron chi connectivity index (χ2n) is 3.87. The molecular weight excluding hydrogens is 254 g/mol. The number of nitrogens with one attached hydrogen (secondary N) is 1. The first-order valence-corrected chi connectivity index (χ1v) is 7.09. The fourth-order valence-corrected chi connectivity index (χ4v) is 2.01. The van der Waals surface area contributed by atoms with E-state index in [2.05, 4.69) is 5.43 Å². The van der Waals surface area contributed by atoms with Gasteiger partial charge in [-0.25, -0.2) is 8.42 Å². The Hall–Kier alpha value is -2.02. The van der Waals surface area contributed by atoms with Crippen LogP contribution in [0.3, 0.4) is 0 Å². The molecule has 0 atom stereocenters. The molecule has 0 saturated carbocycles. The number of hydrogen-bond donors (Lipinski definition) is 1. The van der Waals surface area contributed by atoms with Gasteiger partial charge in [-0.15, -0.1) is 5.69 Å². The second kappa shape index (κ2) is 4.69. The van der Waals surface area contributed by atoms with Crippen LogP contribution < -0.4 is 4.72 Å². The number of sulfonamides is 1. The molecule has 1 aromatic carbocycles. The van der Waals surface area contributed by atoms with Gasteiger partial charge in [0.05, 0.1) is 12.8 Å². The Morgan fingerprint density at radius 1 is 1.39 bits per heavy atom. The summed E-state index contributed by atoms with van der Waals surface area (Å²) in [6, 6.07) is 7.46. The van der Waals surface area contributed by atoms with Crippen LogP contribution in [-0.2, 0) is 14.8 Å². The van der Waals surface area contributed by atoms with E-state index in [-0.39, 0.29) is 6.54 Å². The maximum atomic E-state index is 11.4. The van der Waals surface area contributed by atoms with Gasteiger partial charge >= 0.3 is 0 Å². The molecule has 2 rings (SSSR count). The molecule has 0 saturated heterocycles. The normalized spacial score (nSPS) is 13.7. The summed E-state index contributed by atoms with van der Waals surface area (Å²) in [5.41, 5.74) is 5.90. The number of amides is 1. The van der Waals surface area contributed by atoms with Gasteiger partial charge in [0.2, 0.25) is 10.0 Å². The highest BCUT2D eigenvalue weighted by molar-refractivity contribution is 7.89. The van der Waals surface area contributed by atoms with Gasteiger partial charge < -0.3 is 10.4 Å². The third-order valence-corrected chi connectivity index (χ3v) is 2.80. The van der Waals surface area contributed by atoms with Crippen LogP contribution in [0.4, 0.5) is 5.69 Å². The average molecular weight is 266 g/mol. The maximum Gasteiger partial charge on any atom is 0.251 e. The van der Waals surface area contributed by atoms with Crippen LogP contribution in [0.15, 0.2) is 30.5 Å². The van der Waals surface area contributed by atoms with Gasteiger partial charge in [-0.1, -0.05) is 24.3 Å².